The summed E-state index contributed by atoms with van der Waals surface area (Å²) in [6.45, 7) is 0.703. The highest BCUT2D eigenvalue weighted by Gasteiger charge is 2.47. The molecule has 1 aliphatic heterocycles. The maximum atomic E-state index is 14.2. The number of carbonyl (C=O) groups excluding carboxylic acids is 1. The van der Waals surface area contributed by atoms with Crippen LogP contribution in [0.25, 0.3) is 5.69 Å². The Kier molecular flexibility index (Phi) is 4.31. The minimum atomic E-state index is -2.55. The third kappa shape index (κ3) is 2.96. The third-order valence-electron chi connectivity index (χ3n) is 4.28. The molecule has 1 amide bonds. The van der Waals surface area contributed by atoms with Gasteiger partial charge in [-0.3, -0.25) is 9.59 Å². The van der Waals surface area contributed by atoms with E-state index in [0.29, 0.717) is 5.69 Å². The molecule has 1 saturated heterocycles. The summed E-state index contributed by atoms with van der Waals surface area (Å²) in [5.74, 6) is -3.14. The number of hydrogen-bond acceptors (Lipinski definition) is 4. The van der Waals surface area contributed by atoms with E-state index < -0.39 is 41.0 Å². The van der Waals surface area contributed by atoms with Gasteiger partial charge in [0.15, 0.2) is 5.69 Å². The van der Waals surface area contributed by atoms with E-state index in [1.165, 1.54) is 25.1 Å². The largest absolute Gasteiger partial charge is 0.479 e. The average Bonchev–Trinajstić information content (AvgIpc) is 2.99. The molecule has 1 fully saturated rings. The molecule has 2 aromatic rings. The second-order valence-electron chi connectivity index (χ2n) is 6.11. The summed E-state index contributed by atoms with van der Waals surface area (Å²) in [7, 11) is 0. The Bertz CT molecular complexity index is 959. The van der Waals surface area contributed by atoms with E-state index in [-0.39, 0.29) is 18.7 Å². The standard InChI is InChI=1S/C17H15F2N3O4/c1-10-8-13(23)14(20-22(10)12-5-3-2-4-11(12)18)15(24)21-7-6-17(19,9-21)16(25)26/h2-5,8H,6-7,9H2,1H3,(H,25,26). The average molecular weight is 363 g/mol. The molecular formula is C17H15F2N3O4. The van der Waals surface area contributed by atoms with E-state index in [9.17, 15) is 23.2 Å². The number of alkyl halides is 1. The Hall–Kier alpha value is -3.10. The summed E-state index contributed by atoms with van der Waals surface area (Å²) in [6.07, 6.45) is -0.374. The summed E-state index contributed by atoms with van der Waals surface area (Å²) in [5, 5.41) is 12.9. The van der Waals surface area contributed by atoms with Gasteiger partial charge in [-0.05, 0) is 19.1 Å². The Morgan fingerprint density at radius 3 is 2.62 bits per heavy atom. The number of halogens is 2. The number of nitrogens with zero attached hydrogens (tertiary/aromatic N) is 3. The number of aliphatic carboxylic acids is 1. The number of carbonyl (C=O) groups is 2. The molecule has 9 heteroatoms. The number of rotatable bonds is 3. The van der Waals surface area contributed by atoms with Crippen molar-refractivity contribution in [3.63, 3.8) is 0 Å². The van der Waals surface area contributed by atoms with E-state index in [2.05, 4.69) is 5.10 Å². The molecule has 0 spiro atoms. The van der Waals surface area contributed by atoms with Gasteiger partial charge in [-0.25, -0.2) is 18.3 Å². The zero-order chi connectivity index (χ0) is 19.1. The van der Waals surface area contributed by atoms with Crippen molar-refractivity contribution in [1.82, 2.24) is 14.7 Å². The van der Waals surface area contributed by atoms with Crippen LogP contribution in [-0.2, 0) is 4.79 Å². The number of likely N-dealkylation sites (tertiary alicyclic amines) is 1. The molecule has 0 bridgehead atoms. The molecule has 0 saturated carbocycles. The van der Waals surface area contributed by atoms with Gasteiger partial charge in [0.25, 0.3) is 5.91 Å². The van der Waals surface area contributed by atoms with Gasteiger partial charge in [-0.1, -0.05) is 12.1 Å². The minimum Gasteiger partial charge on any atom is -0.479 e. The second-order valence-corrected chi connectivity index (χ2v) is 6.11. The van der Waals surface area contributed by atoms with E-state index in [0.717, 1.165) is 15.6 Å². The van der Waals surface area contributed by atoms with Gasteiger partial charge in [-0.15, -0.1) is 0 Å². The topological polar surface area (TPSA) is 92.5 Å². The van der Waals surface area contributed by atoms with E-state index in [4.69, 9.17) is 5.11 Å². The smallest absolute Gasteiger partial charge is 0.343 e. The monoisotopic (exact) mass is 363 g/mol. The summed E-state index contributed by atoms with van der Waals surface area (Å²) < 4.78 is 29.3. The van der Waals surface area contributed by atoms with Crippen molar-refractivity contribution >= 4 is 11.9 Å². The van der Waals surface area contributed by atoms with Crippen LogP contribution in [-0.4, -0.2) is 50.4 Å². The molecule has 7 nitrogen and oxygen atoms in total. The van der Waals surface area contributed by atoms with Crippen LogP contribution in [0, 0.1) is 12.7 Å². The molecule has 1 aliphatic rings. The Labute approximate surface area is 146 Å². The molecule has 0 aliphatic carbocycles. The number of aromatic nitrogens is 2. The van der Waals surface area contributed by atoms with Crippen LogP contribution < -0.4 is 5.43 Å². The molecule has 2 heterocycles. The lowest BCUT2D eigenvalue weighted by molar-refractivity contribution is -0.149. The van der Waals surface area contributed by atoms with E-state index in [1.807, 2.05) is 0 Å². The molecule has 1 aromatic heterocycles. The first-order valence-electron chi connectivity index (χ1n) is 7.80. The summed E-state index contributed by atoms with van der Waals surface area (Å²) >= 11 is 0. The normalized spacial score (nSPS) is 19.6. The number of hydrogen-bond donors (Lipinski definition) is 1. The van der Waals surface area contributed by atoms with Crippen LogP contribution in [0.1, 0.15) is 22.6 Å². The molecule has 1 aromatic carbocycles. The predicted octanol–water partition coefficient (Wildman–Crippen LogP) is 1.32. The fourth-order valence-electron chi connectivity index (χ4n) is 2.83. The van der Waals surface area contributed by atoms with Crippen molar-refractivity contribution < 1.29 is 23.5 Å². The number of para-hydroxylation sites is 1. The minimum absolute atomic E-state index is 0.0471. The fraction of sp³-hybridized carbons (Fsp3) is 0.294. The predicted molar refractivity (Wildman–Crippen MR) is 86.5 cm³/mol. The first-order chi connectivity index (χ1) is 12.2. The van der Waals surface area contributed by atoms with Crippen molar-refractivity contribution in [2.75, 3.05) is 13.1 Å². The first-order valence-corrected chi connectivity index (χ1v) is 7.80. The highest BCUT2D eigenvalue weighted by Crippen LogP contribution is 2.26. The van der Waals surface area contributed by atoms with Crippen LogP contribution in [0.2, 0.25) is 0 Å². The Morgan fingerprint density at radius 2 is 2.00 bits per heavy atom. The van der Waals surface area contributed by atoms with Crippen LogP contribution in [0.15, 0.2) is 35.1 Å². The second kappa shape index (κ2) is 6.32. The maximum Gasteiger partial charge on any atom is 0.343 e. The van der Waals surface area contributed by atoms with Gasteiger partial charge in [0.1, 0.15) is 11.5 Å². The van der Waals surface area contributed by atoms with Crippen molar-refractivity contribution in [2.24, 2.45) is 0 Å². The molecule has 26 heavy (non-hydrogen) atoms. The van der Waals surface area contributed by atoms with Crippen LogP contribution in [0.4, 0.5) is 8.78 Å². The molecule has 1 unspecified atom stereocenters. The number of benzene rings is 1. The number of amides is 1. The van der Waals surface area contributed by atoms with Gasteiger partial charge < -0.3 is 10.0 Å². The Morgan fingerprint density at radius 1 is 1.31 bits per heavy atom. The molecule has 136 valence electrons. The van der Waals surface area contributed by atoms with Gasteiger partial charge in [0.05, 0.1) is 6.54 Å². The van der Waals surface area contributed by atoms with Crippen molar-refractivity contribution in [3.8, 4) is 5.69 Å². The van der Waals surface area contributed by atoms with Crippen molar-refractivity contribution in [2.45, 2.75) is 19.0 Å². The lowest BCUT2D eigenvalue weighted by Crippen LogP contribution is -2.40. The van der Waals surface area contributed by atoms with Crippen LogP contribution >= 0.6 is 0 Å². The molecule has 1 N–H and O–H groups in total. The van der Waals surface area contributed by atoms with Crippen LogP contribution in [0.3, 0.4) is 0 Å². The molecular weight excluding hydrogens is 348 g/mol. The summed E-state index contributed by atoms with van der Waals surface area (Å²) in [4.78, 5) is 36.6. The fourth-order valence-corrected chi connectivity index (χ4v) is 2.83. The third-order valence-corrected chi connectivity index (χ3v) is 4.28. The molecule has 3 rings (SSSR count). The highest BCUT2D eigenvalue weighted by molar-refractivity contribution is 5.93. The van der Waals surface area contributed by atoms with Crippen molar-refractivity contribution in [3.05, 3.63) is 57.8 Å². The lowest BCUT2D eigenvalue weighted by atomic mass is 10.1. The van der Waals surface area contributed by atoms with Crippen LogP contribution in [0.5, 0.6) is 0 Å². The van der Waals surface area contributed by atoms with Gasteiger partial charge in [-0.2, -0.15) is 5.10 Å². The molecule has 0 radical (unpaired) electrons. The zero-order valence-corrected chi connectivity index (χ0v) is 13.8. The van der Waals surface area contributed by atoms with Gasteiger partial charge in [0.2, 0.25) is 11.1 Å². The summed E-state index contributed by atoms with van der Waals surface area (Å²) in [5.41, 5.74) is -3.42. The quantitative estimate of drug-likeness (QED) is 0.888. The summed E-state index contributed by atoms with van der Waals surface area (Å²) in [6, 6.07) is 6.83. The maximum absolute atomic E-state index is 14.2. The van der Waals surface area contributed by atoms with E-state index in [1.54, 1.807) is 6.07 Å². The number of aryl methyl sites for hydroxylation is 1. The Balaban J connectivity index is 2.00. The SMILES string of the molecule is Cc1cc(=O)c(C(=O)N2CCC(F)(C(=O)O)C2)nn1-c1ccccc1F. The number of carboxylic acids is 1. The number of carboxylic acid groups (broad SMARTS) is 1. The lowest BCUT2D eigenvalue weighted by Gasteiger charge is -2.18. The van der Waals surface area contributed by atoms with E-state index >= 15 is 0 Å². The van der Waals surface area contributed by atoms with Gasteiger partial charge in [0, 0.05) is 24.7 Å². The highest BCUT2D eigenvalue weighted by atomic mass is 19.1. The molecule has 1 atom stereocenters. The zero-order valence-electron chi connectivity index (χ0n) is 13.8. The first kappa shape index (κ1) is 17.7. The van der Waals surface area contributed by atoms with Crippen molar-refractivity contribution in [1.29, 1.82) is 0 Å². The van der Waals surface area contributed by atoms with Gasteiger partial charge >= 0.3 is 5.97 Å².